The van der Waals surface area contributed by atoms with Crippen molar-refractivity contribution >= 4 is 17.3 Å². The minimum Gasteiger partial charge on any atom is -0.475 e. The number of carboxylic acid groups (broad SMARTS) is 1. The van der Waals surface area contributed by atoms with Crippen molar-refractivity contribution in [1.82, 2.24) is 0 Å². The molecule has 0 atom stereocenters. The van der Waals surface area contributed by atoms with Gasteiger partial charge in [0.15, 0.2) is 0 Å². The van der Waals surface area contributed by atoms with Gasteiger partial charge in [-0.2, -0.15) is 0 Å². The van der Waals surface area contributed by atoms with Crippen molar-refractivity contribution in [2.75, 3.05) is 0 Å². The number of hydrogen-bond donors (Lipinski definition) is 1. The van der Waals surface area contributed by atoms with Gasteiger partial charge in [-0.1, -0.05) is 43.0 Å². The lowest BCUT2D eigenvalue weighted by Gasteiger charge is -2.01. The van der Waals surface area contributed by atoms with Gasteiger partial charge in [0.1, 0.15) is 0 Å². The minimum atomic E-state index is -1.44. The number of aliphatic carboxylic acids is 1. The normalized spacial score (nSPS) is 10.9. The number of ketones is 1. The number of benzene rings is 1. The first-order valence-corrected chi connectivity index (χ1v) is 4.73. The molecule has 16 heavy (non-hydrogen) atoms. The van der Waals surface area contributed by atoms with Crippen molar-refractivity contribution in [2.24, 2.45) is 0 Å². The largest absolute Gasteiger partial charge is 0.475 e. The van der Waals surface area contributed by atoms with Crippen LogP contribution in [0.2, 0.25) is 0 Å². The summed E-state index contributed by atoms with van der Waals surface area (Å²) in [5.41, 5.74) is 2.12. The summed E-state index contributed by atoms with van der Waals surface area (Å²) < 4.78 is 0. The zero-order chi connectivity index (χ0) is 12.1. The third kappa shape index (κ3) is 2.67. The van der Waals surface area contributed by atoms with Gasteiger partial charge in [0.25, 0.3) is 5.78 Å². The van der Waals surface area contributed by atoms with Gasteiger partial charge in [0.2, 0.25) is 0 Å². The monoisotopic (exact) mass is 216 g/mol. The van der Waals surface area contributed by atoms with Crippen LogP contribution in [0.15, 0.2) is 43.0 Å². The highest BCUT2D eigenvalue weighted by Crippen LogP contribution is 2.14. The number of allylic oxidation sites excluding steroid dienone is 3. The van der Waals surface area contributed by atoms with Crippen LogP contribution in [0.3, 0.4) is 0 Å². The highest BCUT2D eigenvalue weighted by molar-refractivity contribution is 6.39. The zero-order valence-electron chi connectivity index (χ0n) is 8.93. The van der Waals surface area contributed by atoms with Crippen LogP contribution in [0.5, 0.6) is 0 Å². The molecule has 3 heteroatoms. The standard InChI is InChI=1S/C13H12O3/c1-3-4-9(2)10-5-7-11(8-6-10)12(14)13(15)16/h3-8H,1H2,2H3,(H,15,16)/b9-4+. The number of rotatable bonds is 4. The SMILES string of the molecule is C=C/C=C(\C)c1ccc(C(=O)C(=O)O)cc1. The topological polar surface area (TPSA) is 54.4 Å². The molecule has 0 radical (unpaired) electrons. The van der Waals surface area contributed by atoms with E-state index >= 15 is 0 Å². The minimum absolute atomic E-state index is 0.183. The molecule has 0 aliphatic heterocycles. The number of carbonyl (C=O) groups is 2. The summed E-state index contributed by atoms with van der Waals surface area (Å²) >= 11 is 0. The van der Waals surface area contributed by atoms with Crippen molar-refractivity contribution in [3.05, 3.63) is 54.1 Å². The first-order chi connectivity index (χ1) is 7.56. The van der Waals surface area contributed by atoms with E-state index in [9.17, 15) is 9.59 Å². The Kier molecular flexibility index (Phi) is 3.78. The third-order valence-corrected chi connectivity index (χ3v) is 2.16. The number of carboxylic acids is 1. The van der Waals surface area contributed by atoms with Crippen molar-refractivity contribution in [3.8, 4) is 0 Å². The Morgan fingerprint density at radius 3 is 2.12 bits per heavy atom. The van der Waals surface area contributed by atoms with Crippen molar-refractivity contribution in [1.29, 1.82) is 0 Å². The average Bonchev–Trinajstić information content (AvgIpc) is 2.28. The second-order valence-electron chi connectivity index (χ2n) is 3.30. The second kappa shape index (κ2) is 5.07. The summed E-state index contributed by atoms with van der Waals surface area (Å²) in [6.07, 6.45) is 3.51. The van der Waals surface area contributed by atoms with E-state index in [0.717, 1.165) is 11.1 Å². The molecular formula is C13H12O3. The molecule has 0 saturated heterocycles. The van der Waals surface area contributed by atoms with Gasteiger partial charge < -0.3 is 5.11 Å². The van der Waals surface area contributed by atoms with E-state index < -0.39 is 11.8 Å². The van der Waals surface area contributed by atoms with Crippen molar-refractivity contribution in [3.63, 3.8) is 0 Å². The summed E-state index contributed by atoms with van der Waals surface area (Å²) in [5, 5.41) is 8.52. The lowest BCUT2D eigenvalue weighted by Crippen LogP contribution is -2.12. The van der Waals surface area contributed by atoms with Gasteiger partial charge in [-0.05, 0) is 18.1 Å². The predicted molar refractivity (Wildman–Crippen MR) is 62.3 cm³/mol. The van der Waals surface area contributed by atoms with E-state index in [4.69, 9.17) is 5.11 Å². The smallest absolute Gasteiger partial charge is 0.377 e. The number of Topliss-reactive ketones (excluding diaryl/α,β-unsaturated/α-hetero) is 1. The molecule has 1 rings (SSSR count). The maximum absolute atomic E-state index is 11.1. The molecule has 0 saturated carbocycles. The highest BCUT2D eigenvalue weighted by Gasteiger charge is 2.13. The van der Waals surface area contributed by atoms with E-state index in [-0.39, 0.29) is 5.56 Å². The molecule has 0 amide bonds. The van der Waals surface area contributed by atoms with Crippen LogP contribution in [0, 0.1) is 0 Å². The predicted octanol–water partition coefficient (Wildman–Crippen LogP) is 2.54. The average molecular weight is 216 g/mol. The van der Waals surface area contributed by atoms with Crippen LogP contribution < -0.4 is 0 Å². The molecule has 0 heterocycles. The number of hydrogen-bond acceptors (Lipinski definition) is 2. The van der Waals surface area contributed by atoms with Gasteiger partial charge in [-0.25, -0.2) is 4.79 Å². The Hall–Kier alpha value is -2.16. The van der Waals surface area contributed by atoms with E-state index in [1.165, 1.54) is 12.1 Å². The Balaban J connectivity index is 3.00. The fraction of sp³-hybridized carbons (Fsp3) is 0.0769. The third-order valence-electron chi connectivity index (χ3n) is 2.16. The Morgan fingerprint density at radius 1 is 1.19 bits per heavy atom. The van der Waals surface area contributed by atoms with Gasteiger partial charge in [0.05, 0.1) is 0 Å². The van der Waals surface area contributed by atoms with Crippen LogP contribution in [-0.4, -0.2) is 16.9 Å². The molecule has 1 N–H and O–H groups in total. The summed E-state index contributed by atoms with van der Waals surface area (Å²) in [4.78, 5) is 21.6. The lowest BCUT2D eigenvalue weighted by molar-refractivity contribution is -0.131. The van der Waals surface area contributed by atoms with Gasteiger partial charge in [-0.15, -0.1) is 0 Å². The molecule has 1 aromatic carbocycles. The van der Waals surface area contributed by atoms with E-state index in [0.29, 0.717) is 0 Å². The molecule has 3 nitrogen and oxygen atoms in total. The molecule has 0 aromatic heterocycles. The summed E-state index contributed by atoms with van der Waals surface area (Å²) in [6.45, 7) is 5.50. The van der Waals surface area contributed by atoms with Crippen LogP contribution in [0.25, 0.3) is 5.57 Å². The molecule has 0 aliphatic carbocycles. The summed E-state index contributed by atoms with van der Waals surface area (Å²) in [5.74, 6) is -2.33. The summed E-state index contributed by atoms with van der Waals surface area (Å²) in [7, 11) is 0. The maximum Gasteiger partial charge on any atom is 0.377 e. The van der Waals surface area contributed by atoms with Crippen molar-refractivity contribution < 1.29 is 14.7 Å². The van der Waals surface area contributed by atoms with Crippen LogP contribution >= 0.6 is 0 Å². The van der Waals surface area contributed by atoms with Gasteiger partial charge in [0, 0.05) is 5.56 Å². The lowest BCUT2D eigenvalue weighted by atomic mass is 10.0. The molecule has 0 spiro atoms. The first-order valence-electron chi connectivity index (χ1n) is 4.73. The second-order valence-corrected chi connectivity index (χ2v) is 3.30. The summed E-state index contributed by atoms with van der Waals surface area (Å²) in [6, 6.07) is 6.44. The molecule has 0 fully saturated rings. The fourth-order valence-electron chi connectivity index (χ4n) is 1.28. The quantitative estimate of drug-likeness (QED) is 0.478. The molecule has 82 valence electrons. The fourth-order valence-corrected chi connectivity index (χ4v) is 1.28. The Morgan fingerprint density at radius 2 is 1.69 bits per heavy atom. The van der Waals surface area contributed by atoms with Gasteiger partial charge >= 0.3 is 5.97 Å². The Bertz CT molecular complexity index is 432. The molecule has 0 bridgehead atoms. The maximum atomic E-state index is 11.1. The van der Waals surface area contributed by atoms with E-state index in [2.05, 4.69) is 6.58 Å². The zero-order valence-corrected chi connectivity index (χ0v) is 8.93. The highest BCUT2D eigenvalue weighted by atomic mass is 16.4. The molecule has 0 aliphatic rings. The molecule has 0 unspecified atom stereocenters. The van der Waals surface area contributed by atoms with E-state index in [1.807, 2.05) is 13.0 Å². The first kappa shape index (κ1) is 11.9. The number of carbonyl (C=O) groups excluding carboxylic acids is 1. The Labute approximate surface area is 93.7 Å². The van der Waals surface area contributed by atoms with Crippen LogP contribution in [0.1, 0.15) is 22.8 Å². The molecule has 1 aromatic rings. The van der Waals surface area contributed by atoms with Crippen LogP contribution in [0.4, 0.5) is 0 Å². The van der Waals surface area contributed by atoms with E-state index in [1.54, 1.807) is 18.2 Å². The molecular weight excluding hydrogens is 204 g/mol. The van der Waals surface area contributed by atoms with Crippen molar-refractivity contribution in [2.45, 2.75) is 6.92 Å². The van der Waals surface area contributed by atoms with Gasteiger partial charge in [-0.3, -0.25) is 4.79 Å². The van der Waals surface area contributed by atoms with Crippen LogP contribution in [-0.2, 0) is 4.79 Å².